The Labute approximate surface area is 151 Å². The molecule has 1 aliphatic rings. The normalized spacial score (nSPS) is 17.5. The first kappa shape index (κ1) is 17.7. The van der Waals surface area contributed by atoms with Crippen LogP contribution in [0.3, 0.4) is 0 Å². The molecule has 0 aliphatic carbocycles. The lowest BCUT2D eigenvalue weighted by atomic mass is 9.97. The number of amides is 1. The molecule has 0 spiro atoms. The smallest absolute Gasteiger partial charge is 0.231 e. The lowest BCUT2D eigenvalue weighted by Crippen LogP contribution is -2.41. The van der Waals surface area contributed by atoms with E-state index in [-0.39, 0.29) is 11.8 Å². The second-order valence-electron chi connectivity index (χ2n) is 6.30. The second kappa shape index (κ2) is 8.84. The summed E-state index contributed by atoms with van der Waals surface area (Å²) in [6.45, 7) is 3.75. The molecule has 1 saturated heterocycles. The van der Waals surface area contributed by atoms with Crippen molar-refractivity contribution in [2.24, 2.45) is 5.92 Å². The van der Waals surface area contributed by atoms with Gasteiger partial charge in [-0.15, -0.1) is 10.2 Å². The number of anilines is 2. The highest BCUT2D eigenvalue weighted by molar-refractivity contribution is 7.15. The van der Waals surface area contributed by atoms with Crippen LogP contribution in [-0.4, -0.2) is 39.2 Å². The third-order valence-electron chi connectivity index (χ3n) is 4.36. The predicted molar refractivity (Wildman–Crippen MR) is 98.7 cm³/mol. The molecule has 25 heavy (non-hydrogen) atoms. The van der Waals surface area contributed by atoms with Crippen LogP contribution in [0.15, 0.2) is 18.6 Å². The number of carbonyl (C=O) groups excluding carboxylic acids is 1. The highest BCUT2D eigenvalue weighted by Crippen LogP contribution is 2.23. The number of aryl methyl sites for hydroxylation is 1. The standard InChI is InChI=1S/C17H24N6OS/c1-2-3-4-7-15-21-22-17(25-15)20-16(24)13-6-5-10-23(12-13)14-11-18-8-9-19-14/h8-9,11,13H,2-7,10,12H2,1H3,(H,20,22,24). The van der Waals surface area contributed by atoms with Crippen molar-refractivity contribution in [1.29, 1.82) is 0 Å². The van der Waals surface area contributed by atoms with Gasteiger partial charge in [-0.3, -0.25) is 9.78 Å². The van der Waals surface area contributed by atoms with Crippen molar-refractivity contribution in [3.63, 3.8) is 0 Å². The van der Waals surface area contributed by atoms with Gasteiger partial charge in [-0.25, -0.2) is 4.98 Å². The number of nitrogens with zero attached hydrogens (tertiary/aromatic N) is 5. The SMILES string of the molecule is CCCCCc1nnc(NC(=O)C2CCCN(c3cnccn3)C2)s1. The minimum absolute atomic E-state index is 0.0184. The second-order valence-corrected chi connectivity index (χ2v) is 7.36. The molecule has 1 N–H and O–H groups in total. The van der Waals surface area contributed by atoms with Gasteiger partial charge in [-0.2, -0.15) is 0 Å². The lowest BCUT2D eigenvalue weighted by Gasteiger charge is -2.32. The van der Waals surface area contributed by atoms with E-state index in [2.05, 4.69) is 37.3 Å². The largest absolute Gasteiger partial charge is 0.355 e. The van der Waals surface area contributed by atoms with E-state index in [1.54, 1.807) is 18.6 Å². The molecule has 2 aromatic heterocycles. The first-order valence-electron chi connectivity index (χ1n) is 8.90. The van der Waals surface area contributed by atoms with Gasteiger partial charge in [0.05, 0.1) is 12.1 Å². The summed E-state index contributed by atoms with van der Waals surface area (Å²) >= 11 is 1.48. The van der Waals surface area contributed by atoms with Gasteiger partial charge in [-0.1, -0.05) is 31.1 Å². The van der Waals surface area contributed by atoms with E-state index in [0.717, 1.165) is 43.1 Å². The summed E-state index contributed by atoms with van der Waals surface area (Å²) in [6.07, 6.45) is 11.4. The van der Waals surface area contributed by atoms with E-state index in [9.17, 15) is 4.79 Å². The molecule has 0 saturated carbocycles. The molecule has 1 fully saturated rings. The van der Waals surface area contributed by atoms with Crippen molar-refractivity contribution < 1.29 is 4.79 Å². The summed E-state index contributed by atoms with van der Waals surface area (Å²) in [5, 5.41) is 12.8. The van der Waals surface area contributed by atoms with Gasteiger partial charge in [0.15, 0.2) is 0 Å². The fraction of sp³-hybridized carbons (Fsp3) is 0.588. The third kappa shape index (κ3) is 4.94. The number of rotatable bonds is 7. The van der Waals surface area contributed by atoms with E-state index in [0.29, 0.717) is 11.7 Å². The highest BCUT2D eigenvalue weighted by Gasteiger charge is 2.27. The van der Waals surface area contributed by atoms with Gasteiger partial charge in [0, 0.05) is 31.9 Å². The lowest BCUT2D eigenvalue weighted by molar-refractivity contribution is -0.120. The van der Waals surface area contributed by atoms with Gasteiger partial charge in [-0.05, 0) is 19.3 Å². The van der Waals surface area contributed by atoms with Crippen LogP contribution in [0, 0.1) is 5.92 Å². The minimum atomic E-state index is -0.0665. The molecule has 0 aromatic carbocycles. The zero-order chi connectivity index (χ0) is 17.5. The molecule has 1 unspecified atom stereocenters. The average Bonchev–Trinajstić information content (AvgIpc) is 3.10. The molecular formula is C17H24N6OS. The van der Waals surface area contributed by atoms with Crippen LogP contribution < -0.4 is 10.2 Å². The molecule has 134 valence electrons. The number of nitrogens with one attached hydrogen (secondary N) is 1. The summed E-state index contributed by atoms with van der Waals surface area (Å²) < 4.78 is 0. The summed E-state index contributed by atoms with van der Waals surface area (Å²) in [6, 6.07) is 0. The molecule has 2 aromatic rings. The molecule has 8 heteroatoms. The number of hydrogen-bond acceptors (Lipinski definition) is 7. The van der Waals surface area contributed by atoms with E-state index in [1.807, 2.05) is 0 Å². The number of piperidine rings is 1. The van der Waals surface area contributed by atoms with Crippen LogP contribution in [0.5, 0.6) is 0 Å². The van der Waals surface area contributed by atoms with Gasteiger partial charge in [0.1, 0.15) is 10.8 Å². The maximum atomic E-state index is 12.6. The average molecular weight is 360 g/mol. The summed E-state index contributed by atoms with van der Waals surface area (Å²) in [7, 11) is 0. The number of aromatic nitrogens is 4. The van der Waals surface area contributed by atoms with Crippen molar-refractivity contribution >= 4 is 28.2 Å². The fourth-order valence-electron chi connectivity index (χ4n) is 2.99. The van der Waals surface area contributed by atoms with Crippen molar-refractivity contribution in [3.8, 4) is 0 Å². The summed E-state index contributed by atoms with van der Waals surface area (Å²) in [4.78, 5) is 23.1. The Kier molecular flexibility index (Phi) is 6.27. The Hall–Kier alpha value is -2.09. The van der Waals surface area contributed by atoms with E-state index < -0.39 is 0 Å². The van der Waals surface area contributed by atoms with Crippen molar-refractivity contribution in [1.82, 2.24) is 20.2 Å². The molecule has 1 aliphatic heterocycles. The van der Waals surface area contributed by atoms with Gasteiger partial charge in [0.2, 0.25) is 11.0 Å². The van der Waals surface area contributed by atoms with Gasteiger partial charge in [0.25, 0.3) is 0 Å². The van der Waals surface area contributed by atoms with Crippen LogP contribution in [0.2, 0.25) is 0 Å². The van der Waals surface area contributed by atoms with E-state index >= 15 is 0 Å². The van der Waals surface area contributed by atoms with Crippen molar-refractivity contribution in [3.05, 3.63) is 23.6 Å². The number of unbranched alkanes of at least 4 members (excludes halogenated alkanes) is 2. The Bertz CT molecular complexity index is 677. The molecule has 1 atom stereocenters. The third-order valence-corrected chi connectivity index (χ3v) is 5.26. The zero-order valence-corrected chi connectivity index (χ0v) is 15.3. The van der Waals surface area contributed by atoms with Crippen LogP contribution in [-0.2, 0) is 11.2 Å². The molecule has 3 rings (SSSR count). The van der Waals surface area contributed by atoms with Crippen LogP contribution >= 0.6 is 11.3 Å². The Morgan fingerprint density at radius 2 is 2.28 bits per heavy atom. The Morgan fingerprint density at radius 3 is 3.08 bits per heavy atom. The van der Waals surface area contributed by atoms with Gasteiger partial charge >= 0.3 is 0 Å². The van der Waals surface area contributed by atoms with E-state index in [4.69, 9.17) is 0 Å². The molecule has 0 bridgehead atoms. The maximum Gasteiger partial charge on any atom is 0.231 e. The predicted octanol–water partition coefficient (Wildman–Crippen LogP) is 2.92. The first-order chi connectivity index (χ1) is 12.3. The Balaban J connectivity index is 1.54. The molecule has 3 heterocycles. The van der Waals surface area contributed by atoms with Crippen LogP contribution in [0.4, 0.5) is 10.9 Å². The monoisotopic (exact) mass is 360 g/mol. The van der Waals surface area contributed by atoms with Crippen molar-refractivity contribution in [2.45, 2.75) is 45.4 Å². The van der Waals surface area contributed by atoms with Crippen molar-refractivity contribution in [2.75, 3.05) is 23.3 Å². The molecule has 0 radical (unpaired) electrons. The summed E-state index contributed by atoms with van der Waals surface area (Å²) in [5.41, 5.74) is 0. The Morgan fingerprint density at radius 1 is 1.36 bits per heavy atom. The highest BCUT2D eigenvalue weighted by atomic mass is 32.1. The summed E-state index contributed by atoms with van der Waals surface area (Å²) in [5.74, 6) is 0.780. The topological polar surface area (TPSA) is 83.9 Å². The first-order valence-corrected chi connectivity index (χ1v) is 9.72. The fourth-order valence-corrected chi connectivity index (χ4v) is 3.78. The van der Waals surface area contributed by atoms with Gasteiger partial charge < -0.3 is 10.2 Å². The number of carbonyl (C=O) groups is 1. The number of hydrogen-bond donors (Lipinski definition) is 1. The minimum Gasteiger partial charge on any atom is -0.355 e. The van der Waals surface area contributed by atoms with Crippen LogP contribution in [0.25, 0.3) is 0 Å². The quantitative estimate of drug-likeness (QED) is 0.764. The maximum absolute atomic E-state index is 12.6. The molecule has 1 amide bonds. The zero-order valence-electron chi connectivity index (χ0n) is 14.5. The van der Waals surface area contributed by atoms with E-state index in [1.165, 1.54) is 24.2 Å². The molecular weight excluding hydrogens is 336 g/mol. The molecule has 7 nitrogen and oxygen atoms in total. The van der Waals surface area contributed by atoms with Crippen LogP contribution in [0.1, 0.15) is 44.0 Å².